The number of nitrogens with zero attached hydrogens (tertiary/aromatic N) is 3. The lowest BCUT2D eigenvalue weighted by atomic mass is 9.85. The van der Waals surface area contributed by atoms with Crippen molar-refractivity contribution >= 4 is 34.4 Å². The smallest absolute Gasteiger partial charge is 0.160 e. The van der Waals surface area contributed by atoms with E-state index in [1.165, 1.54) is 0 Å². The third-order valence-corrected chi connectivity index (χ3v) is 4.45. The lowest BCUT2D eigenvalue weighted by Gasteiger charge is -2.26. The number of alkyl halides is 1. The minimum atomic E-state index is 0.561. The molecule has 0 saturated carbocycles. The number of hydrogen-bond donors (Lipinski definition) is 0. The average molecular weight is 328 g/mol. The molecule has 0 bridgehead atoms. The number of fused-ring (bicyclic) bond motifs is 1. The maximum Gasteiger partial charge on any atom is 0.160 e. The lowest BCUT2D eigenvalue weighted by molar-refractivity contribution is 0.251. The van der Waals surface area contributed by atoms with Crippen LogP contribution in [0.15, 0.2) is 12.3 Å². The summed E-state index contributed by atoms with van der Waals surface area (Å²) in [5.41, 5.74) is 1.76. The van der Waals surface area contributed by atoms with E-state index in [0.717, 1.165) is 30.0 Å². The standard InChI is InChI=1S/C16H23Cl2N3/c1-10(2)13(11(3)4)9-21-15(5-6-17)20-14-7-12(18)8-19-16(14)21/h7-8,10-11,13H,5-6,9H2,1-4H3. The zero-order valence-corrected chi connectivity index (χ0v) is 14.6. The van der Waals surface area contributed by atoms with Gasteiger partial charge in [0.15, 0.2) is 5.65 Å². The summed E-state index contributed by atoms with van der Waals surface area (Å²) in [4.78, 5) is 9.15. The molecule has 0 atom stereocenters. The molecule has 5 heteroatoms. The predicted octanol–water partition coefficient (Wildman–Crippen LogP) is 4.79. The Morgan fingerprint density at radius 3 is 2.43 bits per heavy atom. The molecule has 2 rings (SSSR count). The number of halogens is 2. The van der Waals surface area contributed by atoms with Crippen LogP contribution in [0.3, 0.4) is 0 Å². The molecule has 0 saturated heterocycles. The highest BCUT2D eigenvalue weighted by molar-refractivity contribution is 6.31. The quantitative estimate of drug-likeness (QED) is 0.714. The Labute approximate surface area is 136 Å². The van der Waals surface area contributed by atoms with E-state index in [4.69, 9.17) is 23.2 Å². The average Bonchev–Trinajstić information content (AvgIpc) is 2.72. The molecule has 2 heterocycles. The van der Waals surface area contributed by atoms with E-state index in [-0.39, 0.29) is 0 Å². The van der Waals surface area contributed by atoms with Crippen molar-refractivity contribution in [3.63, 3.8) is 0 Å². The van der Waals surface area contributed by atoms with Crippen molar-refractivity contribution in [2.75, 3.05) is 5.88 Å². The van der Waals surface area contributed by atoms with Crippen molar-refractivity contribution < 1.29 is 0 Å². The van der Waals surface area contributed by atoms with Crippen LogP contribution < -0.4 is 0 Å². The second kappa shape index (κ2) is 6.97. The normalized spacial score (nSPS) is 12.2. The van der Waals surface area contributed by atoms with E-state index < -0.39 is 0 Å². The van der Waals surface area contributed by atoms with Crippen LogP contribution in [0, 0.1) is 17.8 Å². The van der Waals surface area contributed by atoms with E-state index in [9.17, 15) is 0 Å². The van der Waals surface area contributed by atoms with Crippen LogP contribution in [0.25, 0.3) is 11.2 Å². The minimum absolute atomic E-state index is 0.561. The van der Waals surface area contributed by atoms with E-state index in [2.05, 4.69) is 42.2 Å². The molecular formula is C16H23Cl2N3. The second-order valence-corrected chi connectivity index (χ2v) is 7.04. The maximum absolute atomic E-state index is 6.03. The highest BCUT2D eigenvalue weighted by Crippen LogP contribution is 2.26. The van der Waals surface area contributed by atoms with Crippen molar-refractivity contribution in [3.05, 3.63) is 23.1 Å². The number of pyridine rings is 1. The summed E-state index contributed by atoms with van der Waals surface area (Å²) < 4.78 is 2.22. The van der Waals surface area contributed by atoms with Crippen molar-refractivity contribution in [1.29, 1.82) is 0 Å². The zero-order valence-electron chi connectivity index (χ0n) is 13.1. The summed E-state index contributed by atoms with van der Waals surface area (Å²) in [6.45, 7) is 10.0. The molecule has 0 spiro atoms. The van der Waals surface area contributed by atoms with Crippen LogP contribution >= 0.6 is 23.2 Å². The monoisotopic (exact) mass is 327 g/mol. The Morgan fingerprint density at radius 2 is 1.86 bits per heavy atom. The van der Waals surface area contributed by atoms with Gasteiger partial charge in [-0.05, 0) is 23.8 Å². The van der Waals surface area contributed by atoms with Gasteiger partial charge in [0, 0.05) is 25.0 Å². The first-order valence-electron chi connectivity index (χ1n) is 7.50. The van der Waals surface area contributed by atoms with Crippen LogP contribution in [0.2, 0.25) is 5.02 Å². The third-order valence-electron chi connectivity index (χ3n) is 4.05. The van der Waals surface area contributed by atoms with Gasteiger partial charge >= 0.3 is 0 Å². The Bertz CT molecular complexity index is 597. The molecule has 116 valence electrons. The van der Waals surface area contributed by atoms with Crippen LogP contribution in [-0.2, 0) is 13.0 Å². The van der Waals surface area contributed by atoms with Gasteiger partial charge in [0.2, 0.25) is 0 Å². The van der Waals surface area contributed by atoms with Crippen molar-refractivity contribution in [2.24, 2.45) is 17.8 Å². The fourth-order valence-corrected chi connectivity index (χ4v) is 3.22. The zero-order chi connectivity index (χ0) is 15.6. The first-order valence-corrected chi connectivity index (χ1v) is 8.42. The molecule has 0 aliphatic carbocycles. The summed E-state index contributed by atoms with van der Waals surface area (Å²) in [6, 6.07) is 1.87. The fourth-order valence-electron chi connectivity index (χ4n) is 2.90. The Kier molecular flexibility index (Phi) is 5.50. The van der Waals surface area contributed by atoms with Crippen molar-refractivity contribution in [2.45, 2.75) is 40.7 Å². The molecule has 0 aliphatic heterocycles. The topological polar surface area (TPSA) is 30.7 Å². The van der Waals surface area contributed by atoms with Gasteiger partial charge in [-0.25, -0.2) is 9.97 Å². The molecule has 0 N–H and O–H groups in total. The van der Waals surface area contributed by atoms with Gasteiger partial charge in [0.1, 0.15) is 11.3 Å². The number of aryl methyl sites for hydroxylation is 1. The van der Waals surface area contributed by atoms with Gasteiger partial charge in [-0.3, -0.25) is 0 Å². The van der Waals surface area contributed by atoms with E-state index in [1.807, 2.05) is 6.07 Å². The van der Waals surface area contributed by atoms with E-state index in [0.29, 0.717) is 28.7 Å². The predicted molar refractivity (Wildman–Crippen MR) is 90.1 cm³/mol. The molecule has 0 unspecified atom stereocenters. The molecule has 2 aromatic heterocycles. The molecule has 0 aromatic carbocycles. The van der Waals surface area contributed by atoms with Crippen LogP contribution in [0.1, 0.15) is 33.5 Å². The first kappa shape index (κ1) is 16.6. The van der Waals surface area contributed by atoms with E-state index >= 15 is 0 Å². The van der Waals surface area contributed by atoms with Crippen molar-refractivity contribution in [3.8, 4) is 0 Å². The molecule has 21 heavy (non-hydrogen) atoms. The van der Waals surface area contributed by atoms with E-state index in [1.54, 1.807) is 6.20 Å². The van der Waals surface area contributed by atoms with Gasteiger partial charge < -0.3 is 4.57 Å². The highest BCUT2D eigenvalue weighted by Gasteiger charge is 2.21. The van der Waals surface area contributed by atoms with Gasteiger partial charge in [-0.1, -0.05) is 39.3 Å². The fraction of sp³-hybridized carbons (Fsp3) is 0.625. The Morgan fingerprint density at radius 1 is 1.19 bits per heavy atom. The Hall–Kier alpha value is -0.800. The molecule has 2 aromatic rings. The molecule has 0 radical (unpaired) electrons. The minimum Gasteiger partial charge on any atom is -0.312 e. The number of imidazole rings is 1. The van der Waals surface area contributed by atoms with Gasteiger partial charge in [0.05, 0.1) is 5.02 Å². The number of rotatable bonds is 6. The number of hydrogen-bond acceptors (Lipinski definition) is 2. The largest absolute Gasteiger partial charge is 0.312 e. The second-order valence-electron chi connectivity index (χ2n) is 6.23. The number of aromatic nitrogens is 3. The summed E-state index contributed by atoms with van der Waals surface area (Å²) >= 11 is 12.0. The third kappa shape index (κ3) is 3.70. The molecular weight excluding hydrogens is 305 g/mol. The molecule has 0 amide bonds. The van der Waals surface area contributed by atoms with Crippen LogP contribution in [0.4, 0.5) is 0 Å². The lowest BCUT2D eigenvalue weighted by Crippen LogP contribution is -2.23. The summed E-state index contributed by atoms with van der Waals surface area (Å²) in [5.74, 6) is 3.36. The molecule has 3 nitrogen and oxygen atoms in total. The van der Waals surface area contributed by atoms with Crippen molar-refractivity contribution in [1.82, 2.24) is 14.5 Å². The van der Waals surface area contributed by atoms with Gasteiger partial charge in [-0.15, -0.1) is 11.6 Å². The summed E-state index contributed by atoms with van der Waals surface area (Å²) in [5, 5.41) is 0.619. The summed E-state index contributed by atoms with van der Waals surface area (Å²) in [6.07, 6.45) is 2.44. The molecule has 0 aliphatic rings. The SMILES string of the molecule is CC(C)C(Cn1c(CCCl)nc2cc(Cl)cnc21)C(C)C. The van der Waals surface area contributed by atoms with Crippen LogP contribution in [-0.4, -0.2) is 20.4 Å². The maximum atomic E-state index is 6.03. The summed E-state index contributed by atoms with van der Waals surface area (Å²) in [7, 11) is 0. The first-order chi connectivity index (χ1) is 9.93. The molecule has 0 fully saturated rings. The van der Waals surface area contributed by atoms with Gasteiger partial charge in [-0.2, -0.15) is 0 Å². The van der Waals surface area contributed by atoms with Gasteiger partial charge in [0.25, 0.3) is 0 Å². The highest BCUT2D eigenvalue weighted by atomic mass is 35.5. The Balaban J connectivity index is 2.46. The van der Waals surface area contributed by atoms with Crippen LogP contribution in [0.5, 0.6) is 0 Å².